The number of benzene rings is 1. The van der Waals surface area contributed by atoms with Crippen molar-refractivity contribution >= 4 is 23.2 Å². The first-order chi connectivity index (χ1) is 10.5. The average molecular weight is 324 g/mol. The number of ether oxygens (including phenoxy) is 1. The van der Waals surface area contributed by atoms with E-state index in [1.807, 2.05) is 12.1 Å². The second kappa shape index (κ2) is 7.47. The Kier molecular flexibility index (Phi) is 5.87. The van der Waals surface area contributed by atoms with Crippen LogP contribution < -0.4 is 4.90 Å². The molecule has 3 nitrogen and oxygen atoms in total. The molecule has 122 valence electrons. The maximum Gasteiger partial charge on any atom is 0.225 e. The summed E-state index contributed by atoms with van der Waals surface area (Å²) in [6.07, 6.45) is 4.33. The second-order valence-electron chi connectivity index (χ2n) is 6.03. The molecule has 22 heavy (non-hydrogen) atoms. The smallest absolute Gasteiger partial charge is 0.225 e. The van der Waals surface area contributed by atoms with Gasteiger partial charge >= 0.3 is 0 Å². The molecule has 1 aromatic rings. The SMILES string of the molecule is CCc1ccc(Cl)c(CC)c1N(COC(C)C1CC1)C(C)=O. The fourth-order valence-electron chi connectivity index (χ4n) is 2.82. The molecule has 0 spiro atoms. The quantitative estimate of drug-likeness (QED) is 0.687. The lowest BCUT2D eigenvalue weighted by Gasteiger charge is -2.28. The van der Waals surface area contributed by atoms with Crippen molar-refractivity contribution in [3.63, 3.8) is 0 Å². The molecule has 1 atom stereocenters. The molecule has 0 heterocycles. The summed E-state index contributed by atoms with van der Waals surface area (Å²) in [5, 5.41) is 0.719. The van der Waals surface area contributed by atoms with E-state index in [0.29, 0.717) is 12.6 Å². The Morgan fingerprint density at radius 1 is 1.36 bits per heavy atom. The van der Waals surface area contributed by atoms with Crippen LogP contribution in [0.25, 0.3) is 0 Å². The van der Waals surface area contributed by atoms with Gasteiger partial charge in [0.15, 0.2) is 0 Å². The minimum absolute atomic E-state index is 0.00494. The number of carbonyl (C=O) groups excluding carboxylic acids is 1. The molecule has 0 aromatic heterocycles. The molecular weight excluding hydrogens is 298 g/mol. The van der Waals surface area contributed by atoms with E-state index >= 15 is 0 Å². The number of hydrogen-bond acceptors (Lipinski definition) is 2. The molecule has 1 amide bonds. The second-order valence-corrected chi connectivity index (χ2v) is 6.43. The summed E-state index contributed by atoms with van der Waals surface area (Å²) in [7, 11) is 0. The van der Waals surface area contributed by atoms with Gasteiger partial charge < -0.3 is 4.74 Å². The molecule has 0 saturated heterocycles. The standard InChI is InChI=1S/C18H26ClNO2/c1-5-14-9-10-17(19)16(6-2)18(14)20(13(4)21)11-22-12(3)15-7-8-15/h9-10,12,15H,5-8,11H2,1-4H3. The molecule has 1 unspecified atom stereocenters. The van der Waals surface area contributed by atoms with E-state index in [1.54, 1.807) is 11.8 Å². The molecule has 0 radical (unpaired) electrons. The molecule has 1 saturated carbocycles. The van der Waals surface area contributed by atoms with Gasteiger partial charge in [0.1, 0.15) is 6.73 Å². The highest BCUT2D eigenvalue weighted by molar-refractivity contribution is 6.32. The number of aryl methyl sites for hydroxylation is 1. The van der Waals surface area contributed by atoms with Crippen LogP contribution >= 0.6 is 11.6 Å². The van der Waals surface area contributed by atoms with Crippen molar-refractivity contribution in [2.75, 3.05) is 11.6 Å². The summed E-state index contributed by atoms with van der Waals surface area (Å²) in [6.45, 7) is 8.14. The number of hydrogen-bond donors (Lipinski definition) is 0. The Morgan fingerprint density at radius 2 is 2.05 bits per heavy atom. The zero-order chi connectivity index (χ0) is 16.3. The number of rotatable bonds is 7. The van der Waals surface area contributed by atoms with E-state index in [1.165, 1.54) is 12.8 Å². The van der Waals surface area contributed by atoms with Gasteiger partial charge in [-0.3, -0.25) is 9.69 Å². The maximum atomic E-state index is 12.2. The first-order valence-corrected chi connectivity index (χ1v) is 8.57. The van der Waals surface area contributed by atoms with Crippen LogP contribution in [-0.2, 0) is 22.4 Å². The molecule has 1 aliphatic carbocycles. The van der Waals surface area contributed by atoms with Crippen molar-refractivity contribution in [3.8, 4) is 0 Å². The van der Waals surface area contributed by atoms with Crippen molar-refractivity contribution in [1.82, 2.24) is 0 Å². The van der Waals surface area contributed by atoms with Crippen molar-refractivity contribution in [1.29, 1.82) is 0 Å². The number of amides is 1. The summed E-state index contributed by atoms with van der Waals surface area (Å²) in [6, 6.07) is 3.94. The maximum absolute atomic E-state index is 12.2. The van der Waals surface area contributed by atoms with Crippen molar-refractivity contribution in [3.05, 3.63) is 28.3 Å². The minimum atomic E-state index is -0.00494. The number of halogens is 1. The first-order valence-electron chi connectivity index (χ1n) is 8.19. The molecule has 2 rings (SSSR count). The van der Waals surface area contributed by atoms with Crippen LogP contribution in [0.2, 0.25) is 5.02 Å². The number of carbonyl (C=O) groups is 1. The van der Waals surface area contributed by atoms with Crippen molar-refractivity contribution < 1.29 is 9.53 Å². The highest BCUT2D eigenvalue weighted by atomic mass is 35.5. The zero-order valence-electron chi connectivity index (χ0n) is 14.0. The van der Waals surface area contributed by atoms with E-state index < -0.39 is 0 Å². The molecule has 1 fully saturated rings. The molecule has 0 N–H and O–H groups in total. The topological polar surface area (TPSA) is 29.5 Å². The van der Waals surface area contributed by atoms with E-state index in [9.17, 15) is 4.79 Å². The Morgan fingerprint density at radius 3 is 2.55 bits per heavy atom. The van der Waals surface area contributed by atoms with Crippen LogP contribution in [0.15, 0.2) is 12.1 Å². The van der Waals surface area contributed by atoms with Gasteiger partial charge in [0.25, 0.3) is 0 Å². The fourth-order valence-corrected chi connectivity index (χ4v) is 3.11. The monoisotopic (exact) mass is 323 g/mol. The molecular formula is C18H26ClNO2. The lowest BCUT2D eigenvalue weighted by molar-refractivity contribution is -0.118. The average Bonchev–Trinajstić information content (AvgIpc) is 3.32. The Balaban J connectivity index is 2.30. The Hall–Kier alpha value is -1.06. The third-order valence-electron chi connectivity index (χ3n) is 4.45. The van der Waals surface area contributed by atoms with Crippen molar-refractivity contribution in [2.24, 2.45) is 5.92 Å². The van der Waals surface area contributed by atoms with Crippen LogP contribution in [0.3, 0.4) is 0 Å². The predicted molar refractivity (Wildman–Crippen MR) is 91.5 cm³/mol. The third-order valence-corrected chi connectivity index (χ3v) is 4.80. The molecule has 1 aromatic carbocycles. The molecule has 4 heteroatoms. The van der Waals surface area contributed by atoms with Gasteiger partial charge in [-0.2, -0.15) is 0 Å². The lowest BCUT2D eigenvalue weighted by atomic mass is 10.0. The van der Waals surface area contributed by atoms with Gasteiger partial charge in [-0.25, -0.2) is 0 Å². The van der Waals surface area contributed by atoms with E-state index in [4.69, 9.17) is 16.3 Å². The van der Waals surface area contributed by atoms with E-state index in [-0.39, 0.29) is 12.0 Å². The zero-order valence-corrected chi connectivity index (χ0v) is 14.7. The third kappa shape index (κ3) is 3.82. The van der Waals surface area contributed by atoms with Crippen LogP contribution in [0.1, 0.15) is 51.7 Å². The van der Waals surface area contributed by atoms with Gasteiger partial charge in [-0.15, -0.1) is 0 Å². The van der Waals surface area contributed by atoms with Gasteiger partial charge in [0.05, 0.1) is 11.8 Å². The highest BCUT2D eigenvalue weighted by Crippen LogP contribution is 2.35. The van der Waals surface area contributed by atoms with Crippen molar-refractivity contribution in [2.45, 2.75) is 59.5 Å². The summed E-state index contributed by atoms with van der Waals surface area (Å²) in [5.74, 6) is 0.652. The summed E-state index contributed by atoms with van der Waals surface area (Å²) >= 11 is 6.35. The van der Waals surface area contributed by atoms with Gasteiger partial charge in [0, 0.05) is 11.9 Å². The number of anilines is 1. The lowest BCUT2D eigenvalue weighted by Crippen LogP contribution is -2.34. The fraction of sp³-hybridized carbons (Fsp3) is 0.611. The Labute approximate surface area is 138 Å². The van der Waals surface area contributed by atoms with Gasteiger partial charge in [0.2, 0.25) is 5.91 Å². The van der Waals surface area contributed by atoms with Crippen LogP contribution in [0.5, 0.6) is 0 Å². The van der Waals surface area contributed by atoms with Crippen LogP contribution in [-0.4, -0.2) is 18.7 Å². The van der Waals surface area contributed by atoms with E-state index in [0.717, 1.165) is 34.7 Å². The largest absolute Gasteiger partial charge is 0.357 e. The highest BCUT2D eigenvalue weighted by Gasteiger charge is 2.30. The Bertz CT molecular complexity index is 540. The molecule has 0 bridgehead atoms. The first kappa shape index (κ1) is 17.3. The van der Waals surface area contributed by atoms with E-state index in [2.05, 4.69) is 20.8 Å². The van der Waals surface area contributed by atoms with Gasteiger partial charge in [-0.1, -0.05) is 31.5 Å². The summed E-state index contributed by atoms with van der Waals surface area (Å²) < 4.78 is 5.94. The summed E-state index contributed by atoms with van der Waals surface area (Å²) in [5.41, 5.74) is 3.10. The molecule has 1 aliphatic rings. The summed E-state index contributed by atoms with van der Waals surface area (Å²) in [4.78, 5) is 13.9. The van der Waals surface area contributed by atoms with Gasteiger partial charge in [-0.05, 0) is 55.7 Å². The minimum Gasteiger partial charge on any atom is -0.357 e. The normalized spacial score (nSPS) is 15.7. The van der Waals surface area contributed by atoms with Crippen LogP contribution in [0, 0.1) is 5.92 Å². The molecule has 0 aliphatic heterocycles. The number of nitrogens with zero attached hydrogens (tertiary/aromatic N) is 1. The van der Waals surface area contributed by atoms with Crippen LogP contribution in [0.4, 0.5) is 5.69 Å². The predicted octanol–water partition coefficient (Wildman–Crippen LogP) is 4.59.